The van der Waals surface area contributed by atoms with E-state index in [0.29, 0.717) is 13.2 Å². The molecular weight excluding hydrogens is 562 g/mol. The Hall–Kier alpha value is -3.55. The van der Waals surface area contributed by atoms with Crippen molar-refractivity contribution in [1.82, 2.24) is 0 Å². The van der Waals surface area contributed by atoms with E-state index in [2.05, 4.69) is 60.7 Å². The van der Waals surface area contributed by atoms with Crippen LogP contribution in [0.1, 0.15) is 49.9 Å². The van der Waals surface area contributed by atoms with Gasteiger partial charge >= 0.3 is 15.0 Å². The zero-order valence-corrected chi connectivity index (χ0v) is 27.1. The largest absolute Gasteiger partial charge is 0.497 e. The van der Waals surface area contributed by atoms with Crippen molar-refractivity contribution in [2.24, 2.45) is 10.8 Å². The van der Waals surface area contributed by atoms with E-state index in [1.165, 1.54) is 0 Å². The number of methoxy groups -OCH3 is 2. The summed E-state index contributed by atoms with van der Waals surface area (Å²) in [6, 6.07) is 29.3. The molecule has 6 nitrogen and oxygen atoms in total. The Labute approximate surface area is 268 Å². The molecule has 0 fully saturated rings. The quantitative estimate of drug-likeness (QED) is 0.180. The van der Waals surface area contributed by atoms with Gasteiger partial charge in [-0.25, -0.2) is 0 Å². The fourth-order valence-corrected chi connectivity index (χ4v) is 5.87. The van der Waals surface area contributed by atoms with Gasteiger partial charge in [0.05, 0.1) is 32.8 Å². The molecule has 4 aromatic carbocycles. The van der Waals surface area contributed by atoms with Crippen LogP contribution in [0.2, 0.25) is 0 Å². The van der Waals surface area contributed by atoms with Gasteiger partial charge in [-0.3, -0.25) is 0 Å². The molecule has 2 N–H and O–H groups in total. The molecule has 2 radical (unpaired) electrons. The summed E-state index contributed by atoms with van der Waals surface area (Å²) < 4.78 is 23.2. The monoisotopic (exact) mass is 604 g/mol. The Morgan fingerprint density at radius 2 is 1.18 bits per heavy atom. The van der Waals surface area contributed by atoms with Crippen molar-refractivity contribution in [3.8, 4) is 22.6 Å². The van der Waals surface area contributed by atoms with E-state index in [0.717, 1.165) is 55.8 Å². The topological polar surface area (TPSA) is 77.4 Å². The number of hydrogen-bond donors (Lipinski definition) is 2. The molecular formula is C37H42B2O6. The standard InChI is InChI=1S/C37H42B2O6/c1-35(2,21-40)23-44-38-27-14-19-30-32(20-27)37(25-10-15-28(42-5)16-11-25,26-12-17-29(43-6)18-13-26)31-8-7-9-33(34(30)31)39-45-24-36(3,4)22-41/h7-20,40-41H,21-24H2,1-6H3. The Kier molecular flexibility index (Phi) is 9.80. The first-order valence-corrected chi connectivity index (χ1v) is 15.3. The van der Waals surface area contributed by atoms with E-state index in [-0.39, 0.29) is 24.0 Å². The van der Waals surface area contributed by atoms with Crippen molar-refractivity contribution < 1.29 is 29.0 Å². The van der Waals surface area contributed by atoms with Crippen LogP contribution in [-0.4, -0.2) is 65.8 Å². The first-order valence-electron chi connectivity index (χ1n) is 15.3. The molecule has 0 aliphatic heterocycles. The van der Waals surface area contributed by atoms with Crippen molar-refractivity contribution in [1.29, 1.82) is 0 Å². The van der Waals surface area contributed by atoms with Crippen molar-refractivity contribution in [2.45, 2.75) is 33.1 Å². The van der Waals surface area contributed by atoms with Gasteiger partial charge in [-0.15, -0.1) is 0 Å². The van der Waals surface area contributed by atoms with E-state index in [1.807, 2.05) is 59.4 Å². The van der Waals surface area contributed by atoms with Crippen LogP contribution in [0, 0.1) is 10.8 Å². The number of rotatable bonds is 14. The predicted molar refractivity (Wildman–Crippen MR) is 181 cm³/mol. The van der Waals surface area contributed by atoms with Crippen LogP contribution in [0.25, 0.3) is 11.1 Å². The minimum absolute atomic E-state index is 0.0332. The Bertz CT molecular complexity index is 1550. The van der Waals surface area contributed by atoms with E-state index >= 15 is 0 Å². The molecule has 0 amide bonds. The second-order valence-electron chi connectivity index (χ2n) is 13.3. The third kappa shape index (κ3) is 6.56. The number of hydrogen-bond acceptors (Lipinski definition) is 6. The molecule has 232 valence electrons. The van der Waals surface area contributed by atoms with Crippen molar-refractivity contribution in [3.63, 3.8) is 0 Å². The number of benzene rings is 4. The lowest BCUT2D eigenvalue weighted by molar-refractivity contribution is 0.101. The minimum atomic E-state index is -0.675. The summed E-state index contributed by atoms with van der Waals surface area (Å²) >= 11 is 0. The van der Waals surface area contributed by atoms with Crippen LogP contribution >= 0.6 is 0 Å². The first-order chi connectivity index (χ1) is 21.6. The van der Waals surface area contributed by atoms with Crippen molar-refractivity contribution in [3.05, 3.63) is 107 Å². The molecule has 0 bridgehead atoms. The predicted octanol–water partition coefficient (Wildman–Crippen LogP) is 4.63. The van der Waals surface area contributed by atoms with Crippen LogP contribution in [0.5, 0.6) is 11.5 Å². The summed E-state index contributed by atoms with van der Waals surface area (Å²) in [6.45, 7) is 8.75. The smallest absolute Gasteiger partial charge is 0.330 e. The van der Waals surface area contributed by atoms with E-state index in [1.54, 1.807) is 21.7 Å². The zero-order chi connectivity index (χ0) is 32.2. The summed E-state index contributed by atoms with van der Waals surface area (Å²) in [4.78, 5) is 0. The Balaban J connectivity index is 1.72. The summed E-state index contributed by atoms with van der Waals surface area (Å²) in [6.07, 6.45) is 0. The average Bonchev–Trinajstić information content (AvgIpc) is 3.35. The van der Waals surface area contributed by atoms with E-state index in [9.17, 15) is 10.2 Å². The molecule has 0 spiro atoms. The van der Waals surface area contributed by atoms with Gasteiger partial charge in [0, 0.05) is 24.0 Å². The fourth-order valence-electron chi connectivity index (χ4n) is 5.87. The van der Waals surface area contributed by atoms with Gasteiger partial charge in [-0.2, -0.15) is 0 Å². The Morgan fingerprint density at radius 1 is 0.644 bits per heavy atom. The maximum Gasteiger partial charge on any atom is 0.330 e. The fraction of sp³-hybridized carbons (Fsp3) is 0.351. The van der Waals surface area contributed by atoms with Gasteiger partial charge in [-0.1, -0.05) is 93.8 Å². The molecule has 1 aliphatic rings. The minimum Gasteiger partial charge on any atom is -0.497 e. The second-order valence-corrected chi connectivity index (χ2v) is 13.3. The third-order valence-electron chi connectivity index (χ3n) is 8.50. The van der Waals surface area contributed by atoms with Crippen LogP contribution in [0.15, 0.2) is 84.9 Å². The lowest BCUT2D eigenvalue weighted by Gasteiger charge is -2.34. The molecule has 0 saturated heterocycles. The van der Waals surface area contributed by atoms with Crippen LogP contribution in [0.4, 0.5) is 0 Å². The molecule has 45 heavy (non-hydrogen) atoms. The number of ether oxygens (including phenoxy) is 2. The molecule has 0 aromatic heterocycles. The maximum absolute atomic E-state index is 9.78. The summed E-state index contributed by atoms with van der Waals surface area (Å²) in [7, 11) is 6.95. The lowest BCUT2D eigenvalue weighted by atomic mass is 9.66. The molecule has 4 aromatic rings. The summed E-state index contributed by atoms with van der Waals surface area (Å²) in [5, 5.41) is 19.5. The molecule has 0 atom stereocenters. The van der Waals surface area contributed by atoms with Crippen molar-refractivity contribution in [2.75, 3.05) is 40.6 Å². The molecule has 0 unspecified atom stereocenters. The molecule has 8 heteroatoms. The zero-order valence-electron chi connectivity index (χ0n) is 27.1. The third-order valence-corrected chi connectivity index (χ3v) is 8.50. The normalized spacial score (nSPS) is 13.6. The summed E-state index contributed by atoms with van der Waals surface area (Å²) in [5.74, 6) is 1.57. The highest BCUT2D eigenvalue weighted by Crippen LogP contribution is 2.55. The first kappa shape index (κ1) is 32.8. The highest BCUT2D eigenvalue weighted by molar-refractivity contribution is 6.50. The van der Waals surface area contributed by atoms with Gasteiger partial charge in [0.2, 0.25) is 0 Å². The lowest BCUT2D eigenvalue weighted by Crippen LogP contribution is -2.32. The van der Waals surface area contributed by atoms with Crippen molar-refractivity contribution >= 4 is 25.9 Å². The number of aliphatic hydroxyl groups is 2. The number of fused-ring (bicyclic) bond motifs is 3. The SMILES string of the molecule is COc1ccc(C2(c3ccc(OC)cc3)c3cc([B]OCC(C)(C)CO)ccc3-c3c([B]OCC(C)(C)CO)cccc32)cc1. The van der Waals surface area contributed by atoms with E-state index < -0.39 is 5.41 Å². The van der Waals surface area contributed by atoms with Gasteiger partial charge in [-0.05, 0) is 63.1 Å². The van der Waals surface area contributed by atoms with Gasteiger partial charge in [0.1, 0.15) is 11.5 Å². The van der Waals surface area contributed by atoms with Gasteiger partial charge in [0.25, 0.3) is 0 Å². The average molecular weight is 604 g/mol. The highest BCUT2D eigenvalue weighted by Gasteiger charge is 2.47. The second kappa shape index (κ2) is 13.4. The van der Waals surface area contributed by atoms with Crippen LogP contribution in [0.3, 0.4) is 0 Å². The number of aliphatic hydroxyl groups excluding tert-OH is 2. The highest BCUT2D eigenvalue weighted by atomic mass is 16.5. The van der Waals surface area contributed by atoms with Gasteiger partial charge < -0.3 is 29.0 Å². The maximum atomic E-state index is 9.78. The molecule has 0 heterocycles. The van der Waals surface area contributed by atoms with Gasteiger partial charge in [0.15, 0.2) is 0 Å². The van der Waals surface area contributed by atoms with Crippen LogP contribution < -0.4 is 20.4 Å². The van der Waals surface area contributed by atoms with Crippen LogP contribution in [-0.2, 0) is 14.7 Å². The summed E-state index contributed by atoms with van der Waals surface area (Å²) in [5.41, 5.74) is 7.11. The molecule has 1 aliphatic carbocycles. The molecule has 0 saturated carbocycles. The molecule has 5 rings (SSSR count). The van der Waals surface area contributed by atoms with E-state index in [4.69, 9.17) is 18.8 Å². The Morgan fingerprint density at radius 3 is 1.69 bits per heavy atom.